The van der Waals surface area contributed by atoms with Crippen molar-refractivity contribution in [3.63, 3.8) is 0 Å². The van der Waals surface area contributed by atoms with Crippen molar-refractivity contribution in [1.29, 1.82) is 0 Å². The number of rotatable bonds is 12. The Balaban J connectivity index is 1.53. The van der Waals surface area contributed by atoms with Crippen LogP contribution in [0.25, 0.3) is 11.0 Å². The molecule has 1 aliphatic rings. The SMILES string of the molecule is CNS(=O)(=O)Nc1ccc(F)c(Cn2cnc3c(F)c(Nc4ccc(C5CC5)cc4F)c(C(=O)NOCCO)cc32)c1. The van der Waals surface area contributed by atoms with Crippen molar-refractivity contribution < 1.29 is 36.3 Å². The Morgan fingerprint density at radius 1 is 1.12 bits per heavy atom. The third-order valence-corrected chi connectivity index (χ3v) is 7.71. The van der Waals surface area contributed by atoms with Crippen molar-refractivity contribution in [2.45, 2.75) is 25.3 Å². The number of anilines is 3. The number of amides is 1. The van der Waals surface area contributed by atoms with Crippen molar-refractivity contribution in [2.75, 3.05) is 30.3 Å². The molecule has 0 bridgehead atoms. The Kier molecular flexibility index (Phi) is 8.36. The summed E-state index contributed by atoms with van der Waals surface area (Å²) in [4.78, 5) is 22.0. The highest BCUT2D eigenvalue weighted by molar-refractivity contribution is 7.90. The molecule has 0 aliphatic heterocycles. The standard InChI is InChI=1S/C27H27F3N6O5S/c1-31-42(39,40)35-18-5-6-20(28)17(10-18)13-36-14-32-26-23(36)12-19(27(38)34-41-9-8-37)25(24(26)30)33-22-7-4-16(11-21(22)29)15-2-3-15/h4-7,10-12,14-15,31,33,35,37H,2-3,8-9,13H2,1H3,(H,34,38). The Morgan fingerprint density at radius 3 is 2.60 bits per heavy atom. The van der Waals surface area contributed by atoms with E-state index in [1.165, 1.54) is 48.3 Å². The summed E-state index contributed by atoms with van der Waals surface area (Å²) in [6, 6.07) is 9.44. The van der Waals surface area contributed by atoms with Gasteiger partial charge in [0.25, 0.3) is 16.1 Å². The molecule has 1 heterocycles. The number of nitrogens with zero attached hydrogens (tertiary/aromatic N) is 2. The van der Waals surface area contributed by atoms with Crippen LogP contribution in [0.5, 0.6) is 0 Å². The van der Waals surface area contributed by atoms with Gasteiger partial charge in [0.1, 0.15) is 17.2 Å². The highest BCUT2D eigenvalue weighted by atomic mass is 32.2. The van der Waals surface area contributed by atoms with Crippen LogP contribution in [0.3, 0.4) is 0 Å². The fraction of sp³-hybridized carbons (Fsp3) is 0.259. The Bertz CT molecular complexity index is 1760. The van der Waals surface area contributed by atoms with Gasteiger partial charge in [-0.3, -0.25) is 14.4 Å². The molecule has 0 spiro atoms. The number of hydrogen-bond acceptors (Lipinski definition) is 7. The van der Waals surface area contributed by atoms with Crippen LogP contribution in [0.1, 0.15) is 40.2 Å². The summed E-state index contributed by atoms with van der Waals surface area (Å²) in [6.45, 7) is -0.830. The number of benzene rings is 3. The van der Waals surface area contributed by atoms with Gasteiger partial charge in [0.2, 0.25) is 0 Å². The molecular weight excluding hydrogens is 577 g/mol. The van der Waals surface area contributed by atoms with E-state index in [0.29, 0.717) is 5.92 Å². The van der Waals surface area contributed by atoms with Gasteiger partial charge in [0, 0.05) is 12.6 Å². The highest BCUT2D eigenvalue weighted by Gasteiger charge is 2.26. The lowest BCUT2D eigenvalue weighted by molar-refractivity contribution is 0.0169. The second-order valence-corrected chi connectivity index (χ2v) is 11.2. The smallest absolute Gasteiger partial charge is 0.298 e. The fourth-order valence-electron chi connectivity index (χ4n) is 4.39. The highest BCUT2D eigenvalue weighted by Crippen LogP contribution is 2.41. The summed E-state index contributed by atoms with van der Waals surface area (Å²) in [6.07, 6.45) is 3.17. The van der Waals surface area contributed by atoms with E-state index in [-0.39, 0.29) is 59.0 Å². The van der Waals surface area contributed by atoms with E-state index in [2.05, 4.69) is 25.2 Å². The maximum atomic E-state index is 16.0. The van der Waals surface area contributed by atoms with Gasteiger partial charge in [-0.25, -0.2) is 28.4 Å². The summed E-state index contributed by atoms with van der Waals surface area (Å²) in [7, 11) is -2.65. The molecular formula is C27H27F3N6O5S. The fourth-order valence-corrected chi connectivity index (χ4v) is 4.93. The van der Waals surface area contributed by atoms with Gasteiger partial charge in [0.15, 0.2) is 5.82 Å². The minimum atomic E-state index is -3.86. The summed E-state index contributed by atoms with van der Waals surface area (Å²) < 4.78 is 75.0. The molecule has 4 aromatic rings. The largest absolute Gasteiger partial charge is 0.394 e. The topological polar surface area (TPSA) is 147 Å². The monoisotopic (exact) mass is 604 g/mol. The zero-order valence-corrected chi connectivity index (χ0v) is 23.1. The van der Waals surface area contributed by atoms with Crippen LogP contribution >= 0.6 is 0 Å². The molecule has 5 rings (SSSR count). The molecule has 3 aromatic carbocycles. The third kappa shape index (κ3) is 6.33. The molecule has 1 aromatic heterocycles. The molecule has 1 fully saturated rings. The first-order valence-corrected chi connectivity index (χ1v) is 14.3. The second-order valence-electron chi connectivity index (χ2n) is 9.61. The number of aromatic nitrogens is 2. The molecule has 1 saturated carbocycles. The van der Waals surface area contributed by atoms with Crippen molar-refractivity contribution in [3.8, 4) is 0 Å². The van der Waals surface area contributed by atoms with E-state index in [1.54, 1.807) is 6.07 Å². The number of aliphatic hydroxyl groups excluding tert-OH is 1. The average Bonchev–Trinajstić information content (AvgIpc) is 3.73. The second kappa shape index (κ2) is 12.0. The molecule has 15 heteroatoms. The summed E-state index contributed by atoms with van der Waals surface area (Å²) in [5.74, 6) is -2.87. The van der Waals surface area contributed by atoms with E-state index < -0.39 is 33.6 Å². The molecule has 11 nitrogen and oxygen atoms in total. The molecule has 0 radical (unpaired) electrons. The predicted octanol–water partition coefficient (Wildman–Crippen LogP) is 3.65. The minimum Gasteiger partial charge on any atom is -0.394 e. The lowest BCUT2D eigenvalue weighted by Crippen LogP contribution is -2.26. The summed E-state index contributed by atoms with van der Waals surface area (Å²) in [5, 5.41) is 11.6. The number of nitrogens with one attached hydrogen (secondary N) is 4. The van der Waals surface area contributed by atoms with E-state index >= 15 is 4.39 Å². The first kappa shape index (κ1) is 29.3. The van der Waals surface area contributed by atoms with Crippen molar-refractivity contribution in [1.82, 2.24) is 19.8 Å². The zero-order valence-electron chi connectivity index (χ0n) is 22.2. The zero-order chi connectivity index (χ0) is 30.0. The van der Waals surface area contributed by atoms with Gasteiger partial charge in [-0.15, -0.1) is 0 Å². The number of halogens is 3. The minimum absolute atomic E-state index is 0.0447. The number of fused-ring (bicyclic) bond motifs is 1. The molecule has 0 atom stereocenters. The van der Waals surface area contributed by atoms with Gasteiger partial charge in [-0.05, 0) is 60.7 Å². The van der Waals surface area contributed by atoms with E-state index in [9.17, 15) is 22.0 Å². The lowest BCUT2D eigenvalue weighted by atomic mass is 10.1. The first-order chi connectivity index (χ1) is 20.1. The molecule has 0 unspecified atom stereocenters. The van der Waals surface area contributed by atoms with Crippen molar-refractivity contribution in [2.24, 2.45) is 0 Å². The van der Waals surface area contributed by atoms with Gasteiger partial charge >= 0.3 is 0 Å². The van der Waals surface area contributed by atoms with Gasteiger partial charge in [-0.2, -0.15) is 8.42 Å². The Morgan fingerprint density at radius 2 is 1.90 bits per heavy atom. The number of aliphatic hydroxyl groups is 1. The number of hydrogen-bond donors (Lipinski definition) is 5. The summed E-state index contributed by atoms with van der Waals surface area (Å²) >= 11 is 0. The van der Waals surface area contributed by atoms with Crippen LogP contribution in [0, 0.1) is 17.5 Å². The average molecular weight is 605 g/mol. The first-order valence-electron chi connectivity index (χ1n) is 12.9. The molecule has 0 saturated heterocycles. The third-order valence-electron chi connectivity index (χ3n) is 6.67. The maximum absolute atomic E-state index is 16.0. The molecule has 1 amide bonds. The van der Waals surface area contributed by atoms with Gasteiger partial charge in [-0.1, -0.05) is 6.07 Å². The molecule has 1 aliphatic carbocycles. The number of imidazole rings is 1. The molecule has 5 N–H and O–H groups in total. The quantitative estimate of drug-likeness (QED) is 0.123. The van der Waals surface area contributed by atoms with Crippen LogP contribution in [0.4, 0.5) is 30.2 Å². The predicted molar refractivity (Wildman–Crippen MR) is 149 cm³/mol. The normalized spacial score (nSPS) is 13.4. The number of hydroxylamine groups is 1. The number of carbonyl (C=O) groups excluding carboxylic acids is 1. The van der Waals surface area contributed by atoms with Crippen LogP contribution < -0.4 is 20.2 Å². The number of carbonyl (C=O) groups is 1. The van der Waals surface area contributed by atoms with Crippen LogP contribution in [-0.2, 0) is 21.6 Å². The van der Waals surface area contributed by atoms with Crippen molar-refractivity contribution in [3.05, 3.63) is 82.9 Å². The van der Waals surface area contributed by atoms with Crippen LogP contribution in [-0.4, -0.2) is 49.2 Å². The Hall–Kier alpha value is -4.18. The summed E-state index contributed by atoms with van der Waals surface area (Å²) in [5.41, 5.74) is 2.26. The Labute approximate surface area is 238 Å². The van der Waals surface area contributed by atoms with Gasteiger partial charge in [0.05, 0.1) is 54.2 Å². The van der Waals surface area contributed by atoms with Crippen molar-refractivity contribution >= 4 is 44.2 Å². The lowest BCUT2D eigenvalue weighted by Gasteiger charge is -2.16. The maximum Gasteiger partial charge on any atom is 0.298 e. The van der Waals surface area contributed by atoms with E-state index in [4.69, 9.17) is 9.94 Å². The van der Waals surface area contributed by atoms with Gasteiger partial charge < -0.3 is 15.0 Å². The van der Waals surface area contributed by atoms with Crippen LogP contribution in [0.15, 0.2) is 48.8 Å². The van der Waals surface area contributed by atoms with Crippen LogP contribution in [0.2, 0.25) is 0 Å². The van der Waals surface area contributed by atoms with E-state index in [0.717, 1.165) is 24.5 Å². The molecule has 222 valence electrons. The van der Waals surface area contributed by atoms with E-state index in [1.807, 2.05) is 0 Å². The molecule has 42 heavy (non-hydrogen) atoms.